The molecule has 0 fully saturated rings. The standard InChI is InChI=1S/C10H9N3O2S/c1-2-12-8-6(4-11)16-10-5(14)3-7(15)13-9(8)10/h3,12H,2H2,1H3,(H2,13,14,15). The van der Waals surface area contributed by atoms with Crippen LogP contribution in [0, 0.1) is 11.3 Å². The summed E-state index contributed by atoms with van der Waals surface area (Å²) in [6.45, 7) is 2.53. The van der Waals surface area contributed by atoms with E-state index in [0.717, 1.165) is 17.4 Å². The average molecular weight is 235 g/mol. The third kappa shape index (κ3) is 1.51. The molecule has 2 heterocycles. The number of nitrogens with zero attached hydrogens (tertiary/aromatic N) is 1. The van der Waals surface area contributed by atoms with E-state index in [1.54, 1.807) is 0 Å². The van der Waals surface area contributed by atoms with Gasteiger partial charge in [0.25, 0.3) is 5.56 Å². The van der Waals surface area contributed by atoms with Crippen molar-refractivity contribution in [3.8, 4) is 11.8 Å². The third-order valence-electron chi connectivity index (χ3n) is 2.11. The van der Waals surface area contributed by atoms with Gasteiger partial charge < -0.3 is 15.4 Å². The van der Waals surface area contributed by atoms with E-state index in [0.29, 0.717) is 27.3 Å². The predicted molar refractivity (Wildman–Crippen MR) is 63.0 cm³/mol. The summed E-state index contributed by atoms with van der Waals surface area (Å²) < 4.78 is 0.520. The van der Waals surface area contributed by atoms with Crippen molar-refractivity contribution >= 4 is 27.2 Å². The van der Waals surface area contributed by atoms with Gasteiger partial charge in [-0.15, -0.1) is 11.3 Å². The number of fused-ring (bicyclic) bond motifs is 1. The molecule has 0 aliphatic carbocycles. The minimum absolute atomic E-state index is 0.0931. The van der Waals surface area contributed by atoms with Gasteiger partial charge in [-0.25, -0.2) is 0 Å². The zero-order valence-corrected chi connectivity index (χ0v) is 9.31. The summed E-state index contributed by atoms with van der Waals surface area (Å²) in [4.78, 5) is 14.3. The van der Waals surface area contributed by atoms with E-state index in [1.807, 2.05) is 13.0 Å². The molecule has 0 radical (unpaired) electrons. The van der Waals surface area contributed by atoms with Gasteiger partial charge in [-0.3, -0.25) is 4.79 Å². The van der Waals surface area contributed by atoms with Crippen molar-refractivity contribution < 1.29 is 5.11 Å². The zero-order chi connectivity index (χ0) is 11.7. The Labute approximate surface area is 95.0 Å². The Bertz CT molecular complexity index is 636. The maximum Gasteiger partial charge on any atom is 0.252 e. The van der Waals surface area contributed by atoms with Gasteiger partial charge in [0.1, 0.15) is 16.7 Å². The number of aromatic hydroxyl groups is 1. The molecule has 2 aromatic heterocycles. The predicted octanol–water partition coefficient (Wildman–Crippen LogP) is 1.60. The normalized spacial score (nSPS) is 10.2. The number of aromatic nitrogens is 1. The quantitative estimate of drug-likeness (QED) is 0.737. The maximum absolute atomic E-state index is 11.2. The van der Waals surface area contributed by atoms with Crippen LogP contribution in [0.1, 0.15) is 11.8 Å². The second-order valence-electron chi connectivity index (χ2n) is 3.17. The van der Waals surface area contributed by atoms with Crippen molar-refractivity contribution in [2.24, 2.45) is 0 Å². The number of rotatable bonds is 2. The van der Waals surface area contributed by atoms with Crippen LogP contribution in [0.2, 0.25) is 0 Å². The number of hydrogen-bond acceptors (Lipinski definition) is 5. The molecule has 0 unspecified atom stereocenters. The number of nitriles is 1. The van der Waals surface area contributed by atoms with Gasteiger partial charge in [-0.05, 0) is 6.92 Å². The molecule has 16 heavy (non-hydrogen) atoms. The molecule has 0 bridgehead atoms. The highest BCUT2D eigenvalue weighted by atomic mass is 32.1. The van der Waals surface area contributed by atoms with E-state index in [1.165, 1.54) is 0 Å². The summed E-state index contributed by atoms with van der Waals surface area (Å²) in [5, 5.41) is 21.6. The molecule has 0 aliphatic heterocycles. The molecule has 0 spiro atoms. The average Bonchev–Trinajstić information content (AvgIpc) is 2.58. The van der Waals surface area contributed by atoms with Gasteiger partial charge in [0.05, 0.1) is 15.9 Å². The second kappa shape index (κ2) is 3.87. The first-order valence-electron chi connectivity index (χ1n) is 4.70. The summed E-state index contributed by atoms with van der Waals surface area (Å²) >= 11 is 1.16. The Kier molecular flexibility index (Phi) is 2.54. The fourth-order valence-corrected chi connectivity index (χ4v) is 2.45. The molecule has 0 aliphatic rings. The Balaban J connectivity index is 2.85. The smallest absolute Gasteiger partial charge is 0.252 e. The number of thiophene rings is 1. The molecule has 2 aromatic rings. The van der Waals surface area contributed by atoms with E-state index in [4.69, 9.17) is 5.26 Å². The molecule has 3 N–H and O–H groups in total. The van der Waals surface area contributed by atoms with Gasteiger partial charge in [-0.1, -0.05) is 0 Å². The summed E-state index contributed by atoms with van der Waals surface area (Å²) in [6.07, 6.45) is 0. The lowest BCUT2D eigenvalue weighted by molar-refractivity contribution is 0.481. The van der Waals surface area contributed by atoms with Crippen molar-refractivity contribution in [3.05, 3.63) is 21.3 Å². The molecular weight excluding hydrogens is 226 g/mol. The summed E-state index contributed by atoms with van der Waals surface area (Å²) in [5.41, 5.74) is 0.692. The molecule has 82 valence electrons. The highest BCUT2D eigenvalue weighted by Crippen LogP contribution is 2.37. The summed E-state index contributed by atoms with van der Waals surface area (Å²) in [5.74, 6) is -0.0931. The lowest BCUT2D eigenvalue weighted by Gasteiger charge is -2.01. The van der Waals surface area contributed by atoms with Crippen LogP contribution >= 0.6 is 11.3 Å². The fourth-order valence-electron chi connectivity index (χ4n) is 1.50. The zero-order valence-electron chi connectivity index (χ0n) is 8.50. The topological polar surface area (TPSA) is 88.9 Å². The number of pyridine rings is 1. The first-order valence-corrected chi connectivity index (χ1v) is 5.51. The molecule has 0 atom stereocenters. The minimum Gasteiger partial charge on any atom is -0.506 e. The van der Waals surface area contributed by atoms with E-state index in [-0.39, 0.29) is 11.3 Å². The molecule has 6 heteroatoms. The fraction of sp³-hybridized carbons (Fsp3) is 0.200. The lowest BCUT2D eigenvalue weighted by atomic mass is 10.3. The van der Waals surface area contributed by atoms with Crippen molar-refractivity contribution in [2.45, 2.75) is 6.92 Å². The molecular formula is C10H9N3O2S. The SMILES string of the molecule is CCNc1c(C#N)sc2c(O)cc(=O)[nH]c12. The van der Waals surface area contributed by atoms with Crippen molar-refractivity contribution in [1.82, 2.24) is 4.98 Å². The molecule has 5 nitrogen and oxygen atoms in total. The van der Waals surface area contributed by atoms with Gasteiger partial charge in [-0.2, -0.15) is 5.26 Å². The van der Waals surface area contributed by atoms with Crippen molar-refractivity contribution in [2.75, 3.05) is 11.9 Å². The van der Waals surface area contributed by atoms with Crippen LogP contribution in [0.4, 0.5) is 5.69 Å². The first kappa shape index (κ1) is 10.5. The van der Waals surface area contributed by atoms with Crippen LogP contribution in [0.3, 0.4) is 0 Å². The highest BCUT2D eigenvalue weighted by molar-refractivity contribution is 7.20. The number of H-pyrrole nitrogens is 1. The van der Waals surface area contributed by atoms with E-state index in [9.17, 15) is 9.90 Å². The summed E-state index contributed by atoms with van der Waals surface area (Å²) in [7, 11) is 0. The minimum atomic E-state index is -0.383. The largest absolute Gasteiger partial charge is 0.506 e. The number of hydrogen-bond donors (Lipinski definition) is 3. The molecule has 0 aromatic carbocycles. The number of aromatic amines is 1. The van der Waals surface area contributed by atoms with Crippen LogP contribution < -0.4 is 10.9 Å². The van der Waals surface area contributed by atoms with Crippen LogP contribution in [0.5, 0.6) is 5.75 Å². The van der Waals surface area contributed by atoms with Gasteiger partial charge in [0.15, 0.2) is 0 Å². The Morgan fingerprint density at radius 2 is 2.44 bits per heavy atom. The Morgan fingerprint density at radius 3 is 3.06 bits per heavy atom. The Morgan fingerprint density at radius 1 is 1.69 bits per heavy atom. The van der Waals surface area contributed by atoms with Crippen molar-refractivity contribution in [3.63, 3.8) is 0 Å². The van der Waals surface area contributed by atoms with Crippen LogP contribution in [-0.4, -0.2) is 16.6 Å². The van der Waals surface area contributed by atoms with E-state index >= 15 is 0 Å². The van der Waals surface area contributed by atoms with E-state index in [2.05, 4.69) is 10.3 Å². The van der Waals surface area contributed by atoms with Gasteiger partial charge in [0, 0.05) is 12.6 Å². The first-order chi connectivity index (χ1) is 7.67. The monoisotopic (exact) mass is 235 g/mol. The molecule has 0 saturated heterocycles. The van der Waals surface area contributed by atoms with Crippen LogP contribution in [-0.2, 0) is 0 Å². The lowest BCUT2D eigenvalue weighted by Crippen LogP contribution is -2.04. The van der Waals surface area contributed by atoms with Crippen LogP contribution in [0.15, 0.2) is 10.9 Å². The molecule has 0 saturated carbocycles. The number of nitrogens with one attached hydrogen (secondary N) is 2. The van der Waals surface area contributed by atoms with Crippen LogP contribution in [0.25, 0.3) is 10.2 Å². The Hall–Kier alpha value is -2.00. The van der Waals surface area contributed by atoms with Gasteiger partial charge >= 0.3 is 0 Å². The van der Waals surface area contributed by atoms with Gasteiger partial charge in [0.2, 0.25) is 0 Å². The maximum atomic E-state index is 11.2. The second-order valence-corrected chi connectivity index (χ2v) is 4.19. The summed E-state index contributed by atoms with van der Waals surface area (Å²) in [6, 6.07) is 3.15. The number of anilines is 1. The molecule has 0 amide bonds. The molecule has 2 rings (SSSR count). The third-order valence-corrected chi connectivity index (χ3v) is 3.23. The highest BCUT2D eigenvalue weighted by Gasteiger charge is 2.15. The van der Waals surface area contributed by atoms with Crippen molar-refractivity contribution in [1.29, 1.82) is 5.26 Å². The van der Waals surface area contributed by atoms with E-state index < -0.39 is 0 Å².